The summed E-state index contributed by atoms with van der Waals surface area (Å²) in [7, 11) is 1.66. The lowest BCUT2D eigenvalue weighted by atomic mass is 9.73. The zero-order valence-corrected chi connectivity index (χ0v) is 21.9. The Bertz CT molecular complexity index is 1160. The molecule has 2 N–H and O–H groups in total. The number of benzene rings is 2. The molecular formula is C29H36N4O4. The van der Waals surface area contributed by atoms with Crippen LogP contribution in [0, 0.1) is 11.3 Å². The van der Waals surface area contributed by atoms with E-state index in [0.717, 1.165) is 16.8 Å². The fourth-order valence-electron chi connectivity index (χ4n) is 5.07. The molecule has 0 radical (unpaired) electrons. The molecule has 4 rings (SSSR count). The van der Waals surface area contributed by atoms with Crippen LogP contribution in [0.5, 0.6) is 0 Å². The monoisotopic (exact) mass is 504 g/mol. The number of fused-ring (bicyclic) bond motifs is 1. The van der Waals surface area contributed by atoms with E-state index in [2.05, 4.69) is 5.10 Å². The first kappa shape index (κ1) is 26.7. The summed E-state index contributed by atoms with van der Waals surface area (Å²) in [5, 5.41) is 5.93. The van der Waals surface area contributed by atoms with Gasteiger partial charge in [0.1, 0.15) is 5.41 Å². The first-order valence-electron chi connectivity index (χ1n) is 12.7. The van der Waals surface area contributed by atoms with Crippen molar-refractivity contribution in [2.75, 3.05) is 26.7 Å². The van der Waals surface area contributed by atoms with E-state index in [0.29, 0.717) is 26.0 Å². The van der Waals surface area contributed by atoms with Gasteiger partial charge in [-0.15, -0.1) is 0 Å². The van der Waals surface area contributed by atoms with E-state index in [1.54, 1.807) is 25.8 Å². The Morgan fingerprint density at radius 2 is 1.70 bits per heavy atom. The van der Waals surface area contributed by atoms with Crippen molar-refractivity contribution in [3.05, 3.63) is 71.8 Å². The van der Waals surface area contributed by atoms with Gasteiger partial charge in [-0.05, 0) is 31.4 Å². The van der Waals surface area contributed by atoms with Crippen LogP contribution >= 0.6 is 0 Å². The summed E-state index contributed by atoms with van der Waals surface area (Å²) in [5.41, 5.74) is 6.90. The number of likely N-dealkylation sites (tertiary alicyclic amines) is 1. The summed E-state index contributed by atoms with van der Waals surface area (Å²) in [6.07, 6.45) is 0.945. The molecule has 2 aliphatic heterocycles. The smallest absolute Gasteiger partial charge is 0.256 e. The number of nitrogens with zero attached hydrogens (tertiary/aromatic N) is 3. The normalized spacial score (nSPS) is 20.4. The minimum absolute atomic E-state index is 0.0197. The number of hydrogen-bond donors (Lipinski definition) is 1. The molecule has 2 amide bonds. The van der Waals surface area contributed by atoms with Crippen LogP contribution in [-0.2, 0) is 32.1 Å². The largest absolute Gasteiger partial charge is 0.376 e. The van der Waals surface area contributed by atoms with Gasteiger partial charge < -0.3 is 15.4 Å². The molecule has 0 spiro atoms. The minimum atomic E-state index is -1.06. The number of hydrogen-bond acceptors (Lipinski definition) is 6. The van der Waals surface area contributed by atoms with E-state index in [1.807, 2.05) is 60.7 Å². The highest BCUT2D eigenvalue weighted by atomic mass is 16.5. The Hall–Kier alpha value is -3.36. The van der Waals surface area contributed by atoms with Gasteiger partial charge in [-0.3, -0.25) is 14.4 Å². The summed E-state index contributed by atoms with van der Waals surface area (Å²) in [6, 6.07) is 19.5. The Morgan fingerprint density at radius 3 is 2.32 bits per heavy atom. The molecule has 1 unspecified atom stereocenters. The Balaban J connectivity index is 1.54. The van der Waals surface area contributed by atoms with Gasteiger partial charge in [-0.1, -0.05) is 60.7 Å². The number of amides is 2. The van der Waals surface area contributed by atoms with Gasteiger partial charge in [0.25, 0.3) is 5.91 Å². The average Bonchev–Trinajstić information content (AvgIpc) is 3.12. The van der Waals surface area contributed by atoms with E-state index in [1.165, 1.54) is 5.01 Å². The highest BCUT2D eigenvalue weighted by molar-refractivity contribution is 6.13. The van der Waals surface area contributed by atoms with Gasteiger partial charge in [0, 0.05) is 33.0 Å². The maximum atomic E-state index is 13.9. The van der Waals surface area contributed by atoms with Crippen LogP contribution < -0.4 is 5.73 Å². The second-order valence-electron chi connectivity index (χ2n) is 10.7. The van der Waals surface area contributed by atoms with E-state index in [4.69, 9.17) is 10.5 Å². The molecule has 2 aromatic carbocycles. The number of piperidine rings is 1. The van der Waals surface area contributed by atoms with Crippen LogP contribution in [0.3, 0.4) is 0 Å². The van der Waals surface area contributed by atoms with Crippen molar-refractivity contribution < 1.29 is 19.1 Å². The summed E-state index contributed by atoms with van der Waals surface area (Å²) in [6.45, 7) is 4.37. The number of ether oxygens (including phenoxy) is 1. The molecular weight excluding hydrogens is 468 g/mol. The molecule has 37 heavy (non-hydrogen) atoms. The number of carbonyl (C=O) groups excluding carboxylic acids is 3. The van der Waals surface area contributed by atoms with E-state index >= 15 is 0 Å². The van der Waals surface area contributed by atoms with Gasteiger partial charge in [0.2, 0.25) is 5.91 Å². The molecule has 2 atom stereocenters. The van der Waals surface area contributed by atoms with Crippen LogP contribution in [0.2, 0.25) is 0 Å². The first-order chi connectivity index (χ1) is 17.6. The average molecular weight is 505 g/mol. The lowest BCUT2D eigenvalue weighted by Crippen LogP contribution is -2.57. The number of carbonyl (C=O) groups is 3. The maximum Gasteiger partial charge on any atom is 0.256 e. The van der Waals surface area contributed by atoms with E-state index < -0.39 is 16.9 Å². The fraction of sp³-hybridized carbons (Fsp3) is 0.448. The minimum Gasteiger partial charge on any atom is -0.376 e. The molecule has 0 aromatic heterocycles. The van der Waals surface area contributed by atoms with Gasteiger partial charge in [0.05, 0.1) is 30.4 Å². The first-order valence-corrected chi connectivity index (χ1v) is 12.7. The second-order valence-corrected chi connectivity index (χ2v) is 10.7. The summed E-state index contributed by atoms with van der Waals surface area (Å²) in [4.78, 5) is 41.8. The third kappa shape index (κ3) is 5.97. The molecule has 0 bridgehead atoms. The highest BCUT2D eigenvalue weighted by Gasteiger charge is 2.53. The molecule has 8 heteroatoms. The lowest BCUT2D eigenvalue weighted by molar-refractivity contribution is -0.145. The van der Waals surface area contributed by atoms with Gasteiger partial charge in [-0.2, -0.15) is 5.10 Å². The van der Waals surface area contributed by atoms with Gasteiger partial charge in [-0.25, -0.2) is 5.01 Å². The molecule has 2 aliphatic rings. The molecule has 8 nitrogen and oxygen atoms in total. The number of ketones is 1. The molecule has 1 saturated heterocycles. The quantitative estimate of drug-likeness (QED) is 0.536. The molecule has 196 valence electrons. The molecule has 0 saturated carbocycles. The van der Waals surface area contributed by atoms with Gasteiger partial charge >= 0.3 is 0 Å². The number of Topliss-reactive ketones (excluding diaryl/α,β-unsaturated/α-hetero) is 1. The molecule has 0 aliphatic carbocycles. The fourth-order valence-corrected chi connectivity index (χ4v) is 5.07. The van der Waals surface area contributed by atoms with Crippen molar-refractivity contribution in [1.29, 1.82) is 0 Å². The highest BCUT2D eigenvalue weighted by Crippen LogP contribution is 2.38. The van der Waals surface area contributed by atoms with Crippen LogP contribution in [-0.4, -0.2) is 65.5 Å². The Morgan fingerprint density at radius 1 is 1.08 bits per heavy atom. The van der Waals surface area contributed by atoms with Crippen LogP contribution in [0.15, 0.2) is 65.8 Å². The standard InChI is InChI=1S/C29H36N4O4/c1-28(2,30)25(34)16-23(19-37-18-22-12-8-5-9-13-22)26(35)33-15-14-24-29(20-33,27(36)32(3)31-24)17-21-10-6-4-7-11-21/h4-13,23H,14-20,30H2,1-3H3/t23-,29?/m1/s1. The third-order valence-electron chi connectivity index (χ3n) is 7.20. The van der Waals surface area contributed by atoms with Crippen LogP contribution in [0.1, 0.15) is 37.8 Å². The molecule has 2 heterocycles. The lowest BCUT2D eigenvalue weighted by Gasteiger charge is -2.40. The number of hydrazone groups is 1. The van der Waals surface area contributed by atoms with Gasteiger partial charge in [0.15, 0.2) is 5.78 Å². The maximum absolute atomic E-state index is 13.9. The SMILES string of the molecule is CN1N=C2CCN(C(=O)[C@@H](COCc3ccccc3)CC(=O)C(C)(C)N)CC2(Cc2ccccc2)C1=O. The second kappa shape index (κ2) is 10.9. The predicted molar refractivity (Wildman–Crippen MR) is 141 cm³/mol. The Labute approximate surface area is 218 Å². The van der Waals surface area contributed by atoms with Crippen LogP contribution in [0.25, 0.3) is 0 Å². The van der Waals surface area contributed by atoms with E-state index in [9.17, 15) is 14.4 Å². The van der Waals surface area contributed by atoms with Crippen molar-refractivity contribution in [2.45, 2.75) is 45.3 Å². The van der Waals surface area contributed by atoms with E-state index in [-0.39, 0.29) is 37.2 Å². The molecule has 1 fully saturated rings. The zero-order valence-electron chi connectivity index (χ0n) is 21.9. The predicted octanol–water partition coefficient (Wildman–Crippen LogP) is 2.81. The van der Waals surface area contributed by atoms with Crippen molar-refractivity contribution in [1.82, 2.24) is 9.91 Å². The van der Waals surface area contributed by atoms with Crippen molar-refractivity contribution in [2.24, 2.45) is 22.2 Å². The summed E-state index contributed by atoms with van der Waals surface area (Å²) < 4.78 is 5.91. The number of rotatable bonds is 10. The van der Waals surface area contributed by atoms with Crippen LogP contribution in [0.4, 0.5) is 0 Å². The topological polar surface area (TPSA) is 105 Å². The molecule has 2 aromatic rings. The third-order valence-corrected chi connectivity index (χ3v) is 7.20. The number of nitrogens with two attached hydrogens (primary N) is 1. The summed E-state index contributed by atoms with van der Waals surface area (Å²) in [5.74, 6) is -1.20. The Kier molecular flexibility index (Phi) is 7.90. The van der Waals surface area contributed by atoms with Crippen molar-refractivity contribution >= 4 is 23.3 Å². The van der Waals surface area contributed by atoms with Crippen molar-refractivity contribution in [3.63, 3.8) is 0 Å². The van der Waals surface area contributed by atoms with Crippen molar-refractivity contribution in [3.8, 4) is 0 Å². The zero-order chi connectivity index (χ0) is 26.6. The summed E-state index contributed by atoms with van der Waals surface area (Å²) >= 11 is 0.